The lowest BCUT2D eigenvalue weighted by Gasteiger charge is -2.15. The van der Waals surface area contributed by atoms with Gasteiger partial charge in [-0.05, 0) is 61.5 Å². The van der Waals surface area contributed by atoms with Gasteiger partial charge in [0.25, 0.3) is 11.8 Å². The van der Waals surface area contributed by atoms with Crippen LogP contribution in [0.2, 0.25) is 0 Å². The summed E-state index contributed by atoms with van der Waals surface area (Å²) in [5, 5.41) is 2.40. The van der Waals surface area contributed by atoms with Gasteiger partial charge in [0.15, 0.2) is 10.9 Å². The maximum absolute atomic E-state index is 13.1. The molecule has 1 saturated heterocycles. The summed E-state index contributed by atoms with van der Waals surface area (Å²) in [5.41, 5.74) is 0.269. The second kappa shape index (κ2) is 11.7. The average Bonchev–Trinajstić information content (AvgIpc) is 3.16. The number of carbonyl (C=O) groups is 2. The molecule has 0 unspecified atom stereocenters. The van der Waals surface area contributed by atoms with E-state index in [1.165, 1.54) is 17.0 Å². The molecule has 1 fully saturated rings. The van der Waals surface area contributed by atoms with E-state index in [0.717, 1.165) is 23.9 Å². The van der Waals surface area contributed by atoms with Crippen molar-refractivity contribution < 1.29 is 32.2 Å². The Bertz CT molecular complexity index is 1390. The molecule has 0 atom stereocenters. The fraction of sp³-hybridized carbons (Fsp3) is 0.148. The van der Waals surface area contributed by atoms with E-state index in [4.69, 9.17) is 21.7 Å². The zero-order chi connectivity index (χ0) is 27.3. The highest BCUT2D eigenvalue weighted by molar-refractivity contribution is 8.27. The maximum atomic E-state index is 13.1. The summed E-state index contributed by atoms with van der Waals surface area (Å²) in [6.45, 7) is 1.96. The van der Waals surface area contributed by atoms with Crippen LogP contribution in [0.4, 0.5) is 24.5 Å². The minimum atomic E-state index is -4.52. The molecule has 1 N–H and O–H groups in total. The van der Waals surface area contributed by atoms with Crippen molar-refractivity contribution in [3.8, 4) is 11.5 Å². The van der Waals surface area contributed by atoms with E-state index >= 15 is 0 Å². The van der Waals surface area contributed by atoms with Crippen LogP contribution in [0.25, 0.3) is 6.08 Å². The number of para-hydroxylation sites is 1. The molecule has 2 amide bonds. The van der Waals surface area contributed by atoms with Crippen LogP contribution >= 0.6 is 24.0 Å². The number of benzene rings is 3. The van der Waals surface area contributed by atoms with Crippen molar-refractivity contribution in [3.05, 3.63) is 88.8 Å². The number of hydrogen-bond acceptors (Lipinski definition) is 6. The fourth-order valence-corrected chi connectivity index (χ4v) is 4.82. The quantitative estimate of drug-likeness (QED) is 0.251. The second-order valence-electron chi connectivity index (χ2n) is 7.90. The highest BCUT2D eigenvalue weighted by atomic mass is 32.2. The van der Waals surface area contributed by atoms with Gasteiger partial charge < -0.3 is 14.8 Å². The van der Waals surface area contributed by atoms with Gasteiger partial charge in [0, 0.05) is 11.3 Å². The Labute approximate surface area is 226 Å². The highest BCUT2D eigenvalue weighted by Crippen LogP contribution is 2.37. The molecule has 38 heavy (non-hydrogen) atoms. The predicted molar refractivity (Wildman–Crippen MR) is 145 cm³/mol. The van der Waals surface area contributed by atoms with Gasteiger partial charge in [0.05, 0.1) is 22.8 Å². The number of ether oxygens (including phenoxy) is 2. The molecule has 11 heteroatoms. The Kier molecular flexibility index (Phi) is 8.38. The molecule has 0 aliphatic carbocycles. The van der Waals surface area contributed by atoms with Crippen LogP contribution in [-0.2, 0) is 15.8 Å². The zero-order valence-electron chi connectivity index (χ0n) is 20.0. The van der Waals surface area contributed by atoms with Crippen LogP contribution in [0.15, 0.2) is 77.7 Å². The number of halogens is 3. The van der Waals surface area contributed by atoms with Crippen molar-refractivity contribution in [2.75, 3.05) is 23.4 Å². The number of carbonyl (C=O) groups excluding carboxylic acids is 2. The minimum absolute atomic E-state index is 0.000302. The van der Waals surface area contributed by atoms with Crippen LogP contribution in [0.5, 0.6) is 11.5 Å². The molecular formula is C27H21F3N2O4S2. The molecular weight excluding hydrogens is 537 g/mol. The summed E-state index contributed by atoms with van der Waals surface area (Å²) < 4.78 is 50.2. The van der Waals surface area contributed by atoms with Gasteiger partial charge >= 0.3 is 6.18 Å². The Hall–Kier alpha value is -3.83. The van der Waals surface area contributed by atoms with Gasteiger partial charge in [-0.1, -0.05) is 48.2 Å². The van der Waals surface area contributed by atoms with Crippen LogP contribution < -0.4 is 19.7 Å². The van der Waals surface area contributed by atoms with E-state index in [9.17, 15) is 22.8 Å². The van der Waals surface area contributed by atoms with E-state index in [2.05, 4.69) is 5.32 Å². The molecule has 0 spiro atoms. The maximum Gasteiger partial charge on any atom is 0.416 e. The Morgan fingerprint density at radius 2 is 1.79 bits per heavy atom. The normalized spacial score (nSPS) is 14.6. The smallest absolute Gasteiger partial charge is 0.416 e. The molecule has 3 aromatic carbocycles. The Morgan fingerprint density at radius 3 is 2.50 bits per heavy atom. The van der Waals surface area contributed by atoms with Gasteiger partial charge in [-0.25, -0.2) is 0 Å². The molecule has 0 saturated carbocycles. The van der Waals surface area contributed by atoms with Crippen molar-refractivity contribution in [1.82, 2.24) is 0 Å². The monoisotopic (exact) mass is 558 g/mol. The summed E-state index contributed by atoms with van der Waals surface area (Å²) in [6.07, 6.45) is -2.90. The SMILES string of the molecule is CCOc1ccc(N2C(=O)/C(=C/c3ccccc3OCC(=O)Nc3cccc(C(F)(F)F)c3)SC2=S)cc1. The third kappa shape index (κ3) is 6.53. The zero-order valence-corrected chi connectivity index (χ0v) is 21.6. The van der Waals surface area contributed by atoms with Crippen molar-refractivity contribution >= 4 is 57.6 Å². The van der Waals surface area contributed by atoms with E-state index in [1.807, 2.05) is 6.92 Å². The topological polar surface area (TPSA) is 67.9 Å². The number of rotatable bonds is 8. The summed E-state index contributed by atoms with van der Waals surface area (Å²) in [6, 6.07) is 18.1. The number of nitrogens with one attached hydrogen (secondary N) is 1. The van der Waals surface area contributed by atoms with Gasteiger partial charge in [-0.2, -0.15) is 13.2 Å². The van der Waals surface area contributed by atoms with E-state index in [0.29, 0.717) is 38.6 Å². The number of thiocarbonyl (C=S) groups is 1. The Balaban J connectivity index is 1.45. The largest absolute Gasteiger partial charge is 0.494 e. The number of anilines is 2. The molecule has 0 radical (unpaired) electrons. The van der Waals surface area contributed by atoms with Gasteiger partial charge in [0.2, 0.25) is 0 Å². The van der Waals surface area contributed by atoms with Crippen molar-refractivity contribution in [2.45, 2.75) is 13.1 Å². The number of nitrogens with zero attached hydrogens (tertiary/aromatic N) is 1. The van der Waals surface area contributed by atoms with Crippen molar-refractivity contribution in [2.24, 2.45) is 0 Å². The van der Waals surface area contributed by atoms with Crippen LogP contribution in [0, 0.1) is 0 Å². The molecule has 1 heterocycles. The highest BCUT2D eigenvalue weighted by Gasteiger charge is 2.33. The summed E-state index contributed by atoms with van der Waals surface area (Å²) in [4.78, 5) is 27.3. The standard InChI is InChI=1S/C27H21F3N2O4S2/c1-2-35-21-12-10-20(11-13-21)32-25(34)23(38-26(32)37)14-17-6-3-4-9-22(17)36-16-24(33)31-19-8-5-7-18(15-19)27(28,29)30/h3-15H,2,16H2,1H3,(H,31,33)/b23-14-. The summed E-state index contributed by atoms with van der Waals surface area (Å²) in [5.74, 6) is 0.0561. The lowest BCUT2D eigenvalue weighted by atomic mass is 10.2. The third-order valence-electron chi connectivity index (χ3n) is 5.24. The van der Waals surface area contributed by atoms with Gasteiger partial charge in [-0.3, -0.25) is 14.5 Å². The van der Waals surface area contributed by atoms with Crippen molar-refractivity contribution in [1.29, 1.82) is 0 Å². The first-order chi connectivity index (χ1) is 18.2. The van der Waals surface area contributed by atoms with Gasteiger partial charge in [0.1, 0.15) is 11.5 Å². The Morgan fingerprint density at radius 1 is 1.05 bits per heavy atom. The first-order valence-corrected chi connectivity index (χ1v) is 12.6. The van der Waals surface area contributed by atoms with Crippen LogP contribution in [0.1, 0.15) is 18.1 Å². The molecule has 0 aromatic heterocycles. The van der Waals surface area contributed by atoms with E-state index in [1.54, 1.807) is 54.6 Å². The molecule has 3 aromatic rings. The first kappa shape index (κ1) is 27.2. The number of amides is 2. The number of hydrogen-bond donors (Lipinski definition) is 1. The van der Waals surface area contributed by atoms with E-state index in [-0.39, 0.29) is 11.6 Å². The number of thioether (sulfide) groups is 1. The third-order valence-corrected chi connectivity index (χ3v) is 6.54. The average molecular weight is 559 g/mol. The second-order valence-corrected chi connectivity index (χ2v) is 9.57. The van der Waals surface area contributed by atoms with E-state index < -0.39 is 24.3 Å². The molecule has 1 aliphatic heterocycles. The molecule has 4 rings (SSSR count). The minimum Gasteiger partial charge on any atom is -0.494 e. The molecule has 196 valence electrons. The van der Waals surface area contributed by atoms with Crippen LogP contribution in [-0.4, -0.2) is 29.3 Å². The molecule has 1 aliphatic rings. The van der Waals surface area contributed by atoms with Crippen LogP contribution in [0.3, 0.4) is 0 Å². The lowest BCUT2D eigenvalue weighted by molar-refractivity contribution is -0.137. The summed E-state index contributed by atoms with van der Waals surface area (Å²) >= 11 is 6.57. The molecule has 0 bridgehead atoms. The molecule has 6 nitrogen and oxygen atoms in total. The lowest BCUT2D eigenvalue weighted by Crippen LogP contribution is -2.27. The summed E-state index contributed by atoms with van der Waals surface area (Å²) in [7, 11) is 0. The van der Waals surface area contributed by atoms with Crippen molar-refractivity contribution in [3.63, 3.8) is 0 Å². The first-order valence-electron chi connectivity index (χ1n) is 11.4. The number of alkyl halides is 3. The fourth-order valence-electron chi connectivity index (χ4n) is 3.53. The van der Waals surface area contributed by atoms with Gasteiger partial charge in [-0.15, -0.1) is 0 Å². The predicted octanol–water partition coefficient (Wildman–Crippen LogP) is 6.53.